The van der Waals surface area contributed by atoms with Crippen LogP contribution in [0.4, 0.5) is 19.0 Å². The zero-order valence-corrected chi connectivity index (χ0v) is 14.2. The van der Waals surface area contributed by atoms with Crippen LogP contribution in [0.25, 0.3) is 11.1 Å². The number of halogens is 3. The summed E-state index contributed by atoms with van der Waals surface area (Å²) in [6.07, 6.45) is -1.15. The fourth-order valence-corrected chi connectivity index (χ4v) is 3.45. The van der Waals surface area contributed by atoms with Gasteiger partial charge in [-0.3, -0.25) is 0 Å². The van der Waals surface area contributed by atoms with E-state index < -0.39 is 6.36 Å². The van der Waals surface area contributed by atoms with Gasteiger partial charge in [0.2, 0.25) is 0 Å². The average molecular weight is 361 g/mol. The minimum atomic E-state index is -4.74. The summed E-state index contributed by atoms with van der Waals surface area (Å²) in [5.41, 5.74) is 9.39. The molecular weight excluding hydrogens is 343 g/mol. The molecular formula is C19H18F3N3O. The predicted molar refractivity (Wildman–Crippen MR) is 91.3 cm³/mol. The molecule has 1 aliphatic carbocycles. The Morgan fingerprint density at radius 1 is 1.31 bits per heavy atom. The molecule has 136 valence electrons. The number of aromatic nitrogens is 1. The van der Waals surface area contributed by atoms with Crippen LogP contribution in [-0.4, -0.2) is 11.3 Å². The lowest BCUT2D eigenvalue weighted by molar-refractivity contribution is -0.274. The van der Waals surface area contributed by atoms with Crippen LogP contribution in [0.1, 0.15) is 36.6 Å². The number of pyridine rings is 1. The molecule has 0 spiro atoms. The highest BCUT2D eigenvalue weighted by Crippen LogP contribution is 2.38. The topological polar surface area (TPSA) is 71.9 Å². The van der Waals surface area contributed by atoms with Gasteiger partial charge in [0, 0.05) is 11.3 Å². The van der Waals surface area contributed by atoms with Gasteiger partial charge in [-0.1, -0.05) is 25.5 Å². The summed E-state index contributed by atoms with van der Waals surface area (Å²) in [6, 6.07) is 7.63. The van der Waals surface area contributed by atoms with E-state index in [2.05, 4.69) is 22.7 Å². The summed E-state index contributed by atoms with van der Waals surface area (Å²) in [6.45, 7) is 2.12. The predicted octanol–water partition coefficient (Wildman–Crippen LogP) is 4.62. The molecule has 1 aromatic heterocycles. The Hall–Kier alpha value is -2.75. The minimum Gasteiger partial charge on any atom is -0.406 e. The van der Waals surface area contributed by atoms with E-state index >= 15 is 0 Å². The minimum absolute atomic E-state index is 0.159. The third kappa shape index (κ3) is 3.59. The lowest BCUT2D eigenvalue weighted by Gasteiger charge is -2.26. The van der Waals surface area contributed by atoms with Crippen LogP contribution >= 0.6 is 0 Å². The molecule has 1 atom stereocenters. The number of nitrogens with zero attached hydrogens (tertiary/aromatic N) is 2. The van der Waals surface area contributed by atoms with E-state index in [0.29, 0.717) is 17.0 Å². The molecule has 0 bridgehead atoms. The van der Waals surface area contributed by atoms with Crippen molar-refractivity contribution in [2.75, 3.05) is 5.73 Å². The molecule has 3 rings (SSSR count). The van der Waals surface area contributed by atoms with Crippen LogP contribution < -0.4 is 10.5 Å². The highest BCUT2D eigenvalue weighted by molar-refractivity contribution is 5.79. The number of nitrogens with two attached hydrogens (primary N) is 1. The summed E-state index contributed by atoms with van der Waals surface area (Å²) >= 11 is 0. The maximum Gasteiger partial charge on any atom is 0.573 e. The molecule has 0 aliphatic heterocycles. The fourth-order valence-electron chi connectivity index (χ4n) is 3.45. The normalized spacial score (nSPS) is 16.7. The van der Waals surface area contributed by atoms with Crippen molar-refractivity contribution >= 4 is 5.82 Å². The second-order valence-electron chi connectivity index (χ2n) is 6.37. The van der Waals surface area contributed by atoms with Crippen molar-refractivity contribution in [2.45, 2.75) is 39.0 Å². The highest BCUT2D eigenvalue weighted by Gasteiger charge is 2.31. The van der Waals surface area contributed by atoms with Crippen LogP contribution in [0.3, 0.4) is 0 Å². The summed E-state index contributed by atoms with van der Waals surface area (Å²) in [4.78, 5) is 4.39. The Bertz CT molecular complexity index is 854. The Balaban J connectivity index is 2.09. The summed E-state index contributed by atoms with van der Waals surface area (Å²) in [7, 11) is 0. The van der Waals surface area contributed by atoms with E-state index in [1.54, 1.807) is 0 Å². The zero-order valence-electron chi connectivity index (χ0n) is 14.2. The molecule has 1 unspecified atom stereocenters. The van der Waals surface area contributed by atoms with Crippen LogP contribution in [-0.2, 0) is 12.8 Å². The zero-order chi connectivity index (χ0) is 18.9. The van der Waals surface area contributed by atoms with Crippen molar-refractivity contribution in [3.05, 3.63) is 41.1 Å². The monoisotopic (exact) mass is 361 g/mol. The first-order valence-electron chi connectivity index (χ1n) is 8.40. The molecule has 1 aromatic carbocycles. The third-order valence-electron chi connectivity index (χ3n) is 4.76. The number of alkyl halides is 3. The summed E-state index contributed by atoms with van der Waals surface area (Å²) < 4.78 is 41.0. The largest absolute Gasteiger partial charge is 0.573 e. The number of rotatable bonds is 3. The third-order valence-corrected chi connectivity index (χ3v) is 4.76. The molecule has 7 heteroatoms. The van der Waals surface area contributed by atoms with Crippen LogP contribution in [0.15, 0.2) is 24.3 Å². The van der Waals surface area contributed by atoms with Gasteiger partial charge in [0.1, 0.15) is 23.2 Å². The second kappa shape index (κ2) is 6.87. The number of ether oxygens (including phenoxy) is 1. The number of nitrogen functional groups attached to an aromatic ring is 1. The Morgan fingerprint density at radius 3 is 2.58 bits per heavy atom. The van der Waals surface area contributed by atoms with E-state index in [0.717, 1.165) is 36.9 Å². The number of nitriles is 1. The smallest absolute Gasteiger partial charge is 0.406 e. The molecule has 0 fully saturated rings. The van der Waals surface area contributed by atoms with E-state index in [-0.39, 0.29) is 17.1 Å². The molecule has 4 nitrogen and oxygen atoms in total. The van der Waals surface area contributed by atoms with Crippen molar-refractivity contribution in [1.29, 1.82) is 5.26 Å². The van der Waals surface area contributed by atoms with Crippen LogP contribution in [0.5, 0.6) is 5.75 Å². The van der Waals surface area contributed by atoms with Crippen molar-refractivity contribution in [1.82, 2.24) is 4.98 Å². The fraction of sp³-hybridized carbons (Fsp3) is 0.368. The van der Waals surface area contributed by atoms with Gasteiger partial charge >= 0.3 is 6.36 Å². The SMILES string of the molecule is CCC1CCc2nc(N)c(C#N)c(-c3ccc(OC(F)(F)F)cc3)c2C1. The van der Waals surface area contributed by atoms with Gasteiger partial charge in [-0.15, -0.1) is 13.2 Å². The van der Waals surface area contributed by atoms with Gasteiger partial charge in [-0.25, -0.2) is 4.98 Å². The molecule has 26 heavy (non-hydrogen) atoms. The molecule has 0 radical (unpaired) electrons. The van der Waals surface area contributed by atoms with Gasteiger partial charge in [-0.2, -0.15) is 5.26 Å². The molecule has 2 aromatic rings. The number of aryl methyl sites for hydroxylation is 1. The van der Waals surface area contributed by atoms with E-state index in [1.165, 1.54) is 24.3 Å². The van der Waals surface area contributed by atoms with Crippen molar-refractivity contribution in [3.63, 3.8) is 0 Å². The van der Waals surface area contributed by atoms with Crippen molar-refractivity contribution in [3.8, 4) is 22.9 Å². The van der Waals surface area contributed by atoms with Gasteiger partial charge in [0.25, 0.3) is 0 Å². The quantitative estimate of drug-likeness (QED) is 0.866. The molecule has 2 N–H and O–H groups in total. The first-order chi connectivity index (χ1) is 12.3. The molecule has 1 heterocycles. The highest BCUT2D eigenvalue weighted by atomic mass is 19.4. The average Bonchev–Trinajstić information content (AvgIpc) is 2.59. The van der Waals surface area contributed by atoms with E-state index in [9.17, 15) is 18.4 Å². The number of anilines is 1. The van der Waals surface area contributed by atoms with Crippen molar-refractivity contribution in [2.24, 2.45) is 5.92 Å². The van der Waals surface area contributed by atoms with Gasteiger partial charge < -0.3 is 10.5 Å². The van der Waals surface area contributed by atoms with Gasteiger partial charge in [0.15, 0.2) is 0 Å². The maximum atomic E-state index is 12.4. The summed E-state index contributed by atoms with van der Waals surface area (Å²) in [5, 5.41) is 9.55. The van der Waals surface area contributed by atoms with Crippen molar-refractivity contribution < 1.29 is 17.9 Å². The number of benzene rings is 1. The Labute approximate surface area is 149 Å². The van der Waals surface area contributed by atoms with E-state index in [4.69, 9.17) is 5.73 Å². The Kier molecular flexibility index (Phi) is 4.77. The standard InChI is InChI=1S/C19H18F3N3O/c1-2-11-3-8-16-14(9-11)17(15(10-23)18(24)25-16)12-4-6-13(7-5-12)26-19(20,21)22/h4-7,11H,2-3,8-9H2,1H3,(H2,24,25). The molecule has 0 saturated heterocycles. The first kappa shape index (κ1) is 18.1. The second-order valence-corrected chi connectivity index (χ2v) is 6.37. The Morgan fingerprint density at radius 2 is 2.00 bits per heavy atom. The lowest BCUT2D eigenvalue weighted by Crippen LogP contribution is -2.18. The maximum absolute atomic E-state index is 12.4. The number of hydrogen-bond donors (Lipinski definition) is 1. The molecule has 1 aliphatic rings. The summed E-state index contributed by atoms with van der Waals surface area (Å²) in [5.74, 6) is 0.347. The van der Waals surface area contributed by atoms with Gasteiger partial charge in [-0.05, 0) is 48.4 Å². The number of fused-ring (bicyclic) bond motifs is 1. The molecule has 0 amide bonds. The van der Waals surface area contributed by atoms with Crippen LogP contribution in [0, 0.1) is 17.2 Å². The van der Waals surface area contributed by atoms with Crippen LogP contribution in [0.2, 0.25) is 0 Å². The molecule has 0 saturated carbocycles. The lowest BCUT2D eigenvalue weighted by atomic mass is 9.80. The first-order valence-corrected chi connectivity index (χ1v) is 8.40. The number of hydrogen-bond acceptors (Lipinski definition) is 4. The van der Waals surface area contributed by atoms with E-state index in [1.807, 2.05) is 0 Å². The van der Waals surface area contributed by atoms with Gasteiger partial charge in [0.05, 0.1) is 0 Å².